The minimum atomic E-state index is 0.0994. The van der Waals surface area contributed by atoms with E-state index in [2.05, 4.69) is 4.98 Å². The molecule has 0 N–H and O–H groups in total. The van der Waals surface area contributed by atoms with Crippen LogP contribution in [0.2, 0.25) is 0 Å². The van der Waals surface area contributed by atoms with Crippen molar-refractivity contribution < 1.29 is 4.57 Å². The number of hydrogen-bond acceptors (Lipinski definition) is 2. The largest absolute Gasteiger partial charge is 0.269 e. The smallest absolute Gasteiger partial charge is 0.192 e. The number of benzene rings is 1. The van der Waals surface area contributed by atoms with Gasteiger partial charge in [-0.25, -0.2) is 0 Å². The Morgan fingerprint density at radius 2 is 1.43 bits per heavy atom. The molecule has 0 unspecified atom stereocenters. The number of aromatic nitrogens is 1. The lowest BCUT2D eigenvalue weighted by molar-refractivity contribution is 0.603. The minimum Gasteiger partial charge on any atom is -0.269 e. The lowest BCUT2D eigenvalue weighted by Crippen LogP contribution is -1.84. The van der Waals surface area contributed by atoms with E-state index in [0.717, 1.165) is 5.30 Å². The van der Waals surface area contributed by atoms with E-state index < -0.39 is 0 Å². The average molecular weight is 203 g/mol. The minimum absolute atomic E-state index is 0.0994. The van der Waals surface area contributed by atoms with Gasteiger partial charge in [0.25, 0.3) is 0 Å². The van der Waals surface area contributed by atoms with Crippen molar-refractivity contribution in [1.29, 1.82) is 0 Å². The summed E-state index contributed by atoms with van der Waals surface area (Å²) in [5, 5.41) is 0.826. The molecule has 2 rings (SSSR count). The Morgan fingerprint density at radius 1 is 0.857 bits per heavy atom. The van der Waals surface area contributed by atoms with Gasteiger partial charge in [-0.3, -0.25) is 9.55 Å². The van der Waals surface area contributed by atoms with Gasteiger partial charge in [0.05, 0.1) is 0 Å². The molecular weight excluding hydrogens is 193 g/mol. The van der Waals surface area contributed by atoms with Gasteiger partial charge in [-0.1, -0.05) is 24.3 Å². The summed E-state index contributed by atoms with van der Waals surface area (Å²) in [5.41, 5.74) is 0. The summed E-state index contributed by atoms with van der Waals surface area (Å²) in [4.78, 5) is 3.78. The van der Waals surface area contributed by atoms with E-state index >= 15 is 0 Å². The summed E-state index contributed by atoms with van der Waals surface area (Å²) in [6.07, 6.45) is 3.50. The third-order valence-corrected chi connectivity index (χ3v) is 1.94. The molecule has 0 aliphatic carbocycles. The molecule has 0 aliphatic rings. The standard InChI is InChI=1S/C6H5OP.C5H5N/c7-8-6-4-2-1-3-5-6;1-2-4-6-5-3-1/h1-5H;1-5H. The molecule has 14 heavy (non-hydrogen) atoms. The topological polar surface area (TPSA) is 30.0 Å². The Labute approximate surface area is 84.8 Å². The number of nitrogens with zero attached hydrogens (tertiary/aromatic N) is 1. The van der Waals surface area contributed by atoms with Gasteiger partial charge in [0, 0.05) is 17.7 Å². The fraction of sp³-hybridized carbons (Fsp3) is 0. The van der Waals surface area contributed by atoms with Crippen LogP contribution in [0.1, 0.15) is 0 Å². The van der Waals surface area contributed by atoms with E-state index in [1.807, 2.05) is 48.5 Å². The first-order chi connectivity index (χ1) is 6.93. The Balaban J connectivity index is 0.000000146. The van der Waals surface area contributed by atoms with E-state index in [9.17, 15) is 4.57 Å². The van der Waals surface area contributed by atoms with Gasteiger partial charge in [0.2, 0.25) is 0 Å². The summed E-state index contributed by atoms with van der Waals surface area (Å²) in [6.45, 7) is 0. The molecule has 0 saturated carbocycles. The monoisotopic (exact) mass is 203 g/mol. The Hall–Kier alpha value is -1.53. The lowest BCUT2D eigenvalue weighted by Gasteiger charge is -1.80. The second kappa shape index (κ2) is 6.93. The van der Waals surface area contributed by atoms with Crippen molar-refractivity contribution in [3.63, 3.8) is 0 Å². The first kappa shape index (κ1) is 10.6. The van der Waals surface area contributed by atoms with Crippen LogP contribution in [0.3, 0.4) is 0 Å². The molecule has 0 aliphatic heterocycles. The maximum absolute atomic E-state index is 10.1. The van der Waals surface area contributed by atoms with Gasteiger partial charge >= 0.3 is 0 Å². The summed E-state index contributed by atoms with van der Waals surface area (Å²) in [7, 11) is 0.0994. The third-order valence-electron chi connectivity index (χ3n) is 1.43. The molecule has 3 heteroatoms. The van der Waals surface area contributed by atoms with Crippen LogP contribution in [0.25, 0.3) is 0 Å². The van der Waals surface area contributed by atoms with Crippen molar-refractivity contribution in [2.75, 3.05) is 0 Å². The fourth-order valence-corrected chi connectivity index (χ4v) is 1.10. The van der Waals surface area contributed by atoms with Gasteiger partial charge in [0.15, 0.2) is 8.46 Å². The Morgan fingerprint density at radius 3 is 1.71 bits per heavy atom. The summed E-state index contributed by atoms with van der Waals surface area (Å²) < 4.78 is 10.1. The molecule has 1 aromatic heterocycles. The molecule has 2 aromatic rings. The molecule has 0 amide bonds. The SMILES string of the molecule is O=Pc1ccccc1.c1ccncc1. The van der Waals surface area contributed by atoms with E-state index in [0.29, 0.717) is 0 Å². The highest BCUT2D eigenvalue weighted by Crippen LogP contribution is 1.92. The average Bonchev–Trinajstić information content (AvgIpc) is 2.33. The highest BCUT2D eigenvalue weighted by atomic mass is 31.1. The molecule has 1 heterocycles. The van der Waals surface area contributed by atoms with Crippen LogP contribution in [0.5, 0.6) is 0 Å². The highest BCUT2D eigenvalue weighted by Gasteiger charge is 1.81. The summed E-state index contributed by atoms with van der Waals surface area (Å²) in [5.74, 6) is 0. The van der Waals surface area contributed by atoms with Crippen molar-refractivity contribution in [3.05, 3.63) is 60.9 Å². The molecular formula is C11H10NOP. The summed E-state index contributed by atoms with van der Waals surface area (Å²) in [6, 6.07) is 15.0. The van der Waals surface area contributed by atoms with Gasteiger partial charge < -0.3 is 0 Å². The first-order valence-electron chi connectivity index (χ1n) is 4.17. The number of rotatable bonds is 1. The molecule has 0 fully saturated rings. The van der Waals surface area contributed by atoms with Crippen LogP contribution >= 0.6 is 8.46 Å². The van der Waals surface area contributed by atoms with Gasteiger partial charge in [-0.2, -0.15) is 0 Å². The van der Waals surface area contributed by atoms with Crippen LogP contribution in [-0.4, -0.2) is 4.98 Å². The van der Waals surface area contributed by atoms with E-state index in [1.54, 1.807) is 12.4 Å². The van der Waals surface area contributed by atoms with Gasteiger partial charge in [0.1, 0.15) is 0 Å². The molecule has 1 aromatic carbocycles. The maximum Gasteiger partial charge on any atom is 0.192 e. The van der Waals surface area contributed by atoms with Crippen molar-refractivity contribution in [2.24, 2.45) is 0 Å². The van der Waals surface area contributed by atoms with Gasteiger partial charge in [-0.05, 0) is 24.3 Å². The number of hydrogen-bond donors (Lipinski definition) is 0. The summed E-state index contributed by atoms with van der Waals surface area (Å²) >= 11 is 0. The van der Waals surface area contributed by atoms with Crippen LogP contribution in [0, 0.1) is 0 Å². The van der Waals surface area contributed by atoms with Crippen LogP contribution in [0.15, 0.2) is 60.9 Å². The Bertz CT molecular complexity index is 323. The molecule has 0 bridgehead atoms. The fourth-order valence-electron chi connectivity index (χ4n) is 0.801. The van der Waals surface area contributed by atoms with Crippen molar-refractivity contribution in [3.8, 4) is 0 Å². The van der Waals surface area contributed by atoms with Crippen LogP contribution < -0.4 is 5.30 Å². The second-order valence-corrected chi connectivity index (χ2v) is 3.15. The molecule has 0 radical (unpaired) electrons. The maximum atomic E-state index is 10.1. The zero-order chi connectivity index (χ0) is 10.1. The predicted molar refractivity (Wildman–Crippen MR) is 57.9 cm³/mol. The zero-order valence-corrected chi connectivity index (χ0v) is 8.47. The quantitative estimate of drug-likeness (QED) is 0.667. The van der Waals surface area contributed by atoms with Crippen molar-refractivity contribution in [1.82, 2.24) is 4.98 Å². The Kier molecular flexibility index (Phi) is 5.22. The predicted octanol–water partition coefficient (Wildman–Crippen LogP) is 2.69. The molecule has 0 spiro atoms. The highest BCUT2D eigenvalue weighted by molar-refractivity contribution is 7.34. The van der Waals surface area contributed by atoms with Gasteiger partial charge in [-0.15, -0.1) is 0 Å². The van der Waals surface area contributed by atoms with Crippen LogP contribution in [0.4, 0.5) is 0 Å². The molecule has 0 saturated heterocycles. The molecule has 2 nitrogen and oxygen atoms in total. The van der Waals surface area contributed by atoms with Crippen molar-refractivity contribution in [2.45, 2.75) is 0 Å². The molecule has 70 valence electrons. The zero-order valence-electron chi connectivity index (χ0n) is 7.58. The normalized spacial score (nSPS) is 8.86. The van der Waals surface area contributed by atoms with Crippen molar-refractivity contribution >= 4 is 13.8 Å². The second-order valence-electron chi connectivity index (χ2n) is 2.45. The van der Waals surface area contributed by atoms with Crippen LogP contribution in [-0.2, 0) is 4.57 Å². The first-order valence-corrected chi connectivity index (χ1v) is 4.98. The third kappa shape index (κ3) is 4.48. The lowest BCUT2D eigenvalue weighted by atomic mass is 10.4. The molecule has 0 atom stereocenters. The van der Waals surface area contributed by atoms with E-state index in [4.69, 9.17) is 0 Å². The van der Waals surface area contributed by atoms with E-state index in [1.165, 1.54) is 0 Å². The number of pyridine rings is 1. The van der Waals surface area contributed by atoms with E-state index in [-0.39, 0.29) is 8.46 Å².